The summed E-state index contributed by atoms with van der Waals surface area (Å²) in [5, 5.41) is 4.53. The average molecular weight is 594 g/mol. The minimum Gasteiger partial charge on any atom is -0.385 e. The molecular weight excluding hydrogens is 562 g/mol. The number of sulfonamides is 1. The summed E-state index contributed by atoms with van der Waals surface area (Å²) in [5.41, 5.74) is 7.54. The third kappa shape index (κ3) is 4.97. The number of nitrogens with one attached hydrogen (secondary N) is 1. The van der Waals surface area contributed by atoms with Crippen molar-refractivity contribution < 1.29 is 30.7 Å². The maximum atomic E-state index is 13.9. The van der Waals surface area contributed by atoms with Crippen molar-refractivity contribution in [1.82, 2.24) is 19.1 Å². The molecule has 6 rings (SSSR count). The molecule has 1 aromatic carbocycles. The third-order valence-corrected chi connectivity index (χ3v) is 10.6. The van der Waals surface area contributed by atoms with E-state index in [2.05, 4.69) is 18.1 Å². The number of aromatic amines is 1. The Hall–Kier alpha value is -3.16. The number of nitrogens with two attached hydrogens (primary N) is 1. The van der Waals surface area contributed by atoms with Crippen LogP contribution in [0.3, 0.4) is 0 Å². The van der Waals surface area contributed by atoms with Crippen LogP contribution in [0.25, 0.3) is 11.8 Å². The molecule has 3 N–H and O–H groups in total. The predicted molar refractivity (Wildman–Crippen MR) is 144 cm³/mol. The molecule has 2 aliphatic carbocycles. The van der Waals surface area contributed by atoms with Crippen LogP contribution < -0.4 is 5.73 Å². The summed E-state index contributed by atoms with van der Waals surface area (Å²) < 4.78 is 91.3. The molecule has 0 amide bonds. The van der Waals surface area contributed by atoms with Crippen LogP contribution in [0.2, 0.25) is 0 Å². The Morgan fingerprint density at radius 1 is 1.22 bits per heavy atom. The van der Waals surface area contributed by atoms with E-state index in [0.717, 1.165) is 39.3 Å². The van der Waals surface area contributed by atoms with Crippen molar-refractivity contribution >= 4 is 21.9 Å². The number of nitrogen functional groups attached to an aromatic ring is 1. The molecule has 2 fully saturated rings. The Morgan fingerprint density at radius 3 is 2.66 bits per heavy atom. The highest BCUT2D eigenvalue weighted by molar-refractivity contribution is 7.89. The monoisotopic (exact) mass is 593 g/mol. The lowest BCUT2D eigenvalue weighted by Crippen LogP contribution is -2.44. The summed E-state index contributed by atoms with van der Waals surface area (Å²) in [5.74, 6) is -0.867. The fourth-order valence-electron chi connectivity index (χ4n) is 6.55. The number of aromatic nitrogens is 3. The number of H-pyrrole nitrogens is 1. The number of allylic oxidation sites excluding steroid dienone is 1. The molecule has 0 spiro atoms. The number of alkyl halides is 3. The number of benzene rings is 1. The number of halogens is 4. The lowest BCUT2D eigenvalue weighted by Gasteiger charge is -2.38. The first-order valence-corrected chi connectivity index (χ1v) is 15.0. The van der Waals surface area contributed by atoms with Crippen molar-refractivity contribution in [2.45, 2.75) is 56.2 Å². The Kier molecular flexibility index (Phi) is 6.82. The third-order valence-electron chi connectivity index (χ3n) is 8.78. The first-order valence-electron chi connectivity index (χ1n) is 13.6. The topological polar surface area (TPSA) is 106 Å². The molecule has 3 aromatic rings. The van der Waals surface area contributed by atoms with E-state index in [1.807, 2.05) is 4.98 Å². The highest BCUT2D eigenvalue weighted by Gasteiger charge is 2.48. The van der Waals surface area contributed by atoms with Crippen molar-refractivity contribution in [1.29, 1.82) is 0 Å². The molecule has 1 aliphatic heterocycles. The minimum atomic E-state index is -4.92. The van der Waals surface area contributed by atoms with Gasteiger partial charge in [0, 0.05) is 25.8 Å². The zero-order chi connectivity index (χ0) is 29.2. The summed E-state index contributed by atoms with van der Waals surface area (Å²) in [4.78, 5) is 1.12. The SMILES string of the molecule is C[C@]12Cc3cnn(-c4ccc(F)cc4)c3C=C1CC[C@@H]2CN(CC1CCCO1)S(=O)(=O)c1cc(N)[nH]c1C(F)(F)F. The standard InChI is InChI=1S/C28H31F4N5O3S/c1-27-13-17-14-34-37(21-8-6-20(29)7-9-21)23(17)11-18(27)4-5-19(27)15-36(16-22-3-2-10-40-22)41(38,39)24-12-25(33)35-26(24)28(30,31)32/h6-9,11-12,14,19,22,35H,2-5,10,13,15-16,33H2,1H3/t19-,22?,27+/m1/s1. The van der Waals surface area contributed by atoms with Crippen molar-refractivity contribution in [2.75, 3.05) is 25.4 Å². The Morgan fingerprint density at radius 2 is 1.98 bits per heavy atom. The molecule has 41 heavy (non-hydrogen) atoms. The maximum absolute atomic E-state index is 13.9. The first kappa shape index (κ1) is 28.0. The number of rotatable bonds is 7. The minimum absolute atomic E-state index is 0.0376. The van der Waals surface area contributed by atoms with E-state index < -0.39 is 38.3 Å². The fourth-order valence-corrected chi connectivity index (χ4v) is 8.27. The Balaban J connectivity index is 1.32. The molecule has 3 aliphatic rings. The van der Waals surface area contributed by atoms with E-state index in [1.54, 1.807) is 23.0 Å². The molecule has 1 unspecified atom stereocenters. The zero-order valence-electron chi connectivity index (χ0n) is 22.4. The average Bonchev–Trinajstić information content (AvgIpc) is 3.69. The molecule has 13 heteroatoms. The lowest BCUT2D eigenvalue weighted by atomic mass is 9.70. The Labute approximate surface area is 235 Å². The zero-order valence-corrected chi connectivity index (χ0v) is 23.2. The van der Waals surface area contributed by atoms with Crippen LogP contribution in [-0.2, 0) is 27.4 Å². The van der Waals surface area contributed by atoms with Crippen LogP contribution >= 0.6 is 0 Å². The summed E-state index contributed by atoms with van der Waals surface area (Å²) in [6, 6.07) is 6.91. The number of fused-ring (bicyclic) bond motifs is 2. The van der Waals surface area contributed by atoms with Crippen LogP contribution in [-0.4, -0.2) is 53.3 Å². The summed E-state index contributed by atoms with van der Waals surface area (Å²) in [6.07, 6.45) is 1.91. The predicted octanol–water partition coefficient (Wildman–Crippen LogP) is 5.17. The smallest absolute Gasteiger partial charge is 0.385 e. The lowest BCUT2D eigenvalue weighted by molar-refractivity contribution is -0.143. The van der Waals surface area contributed by atoms with Gasteiger partial charge in [0.1, 0.15) is 22.2 Å². The van der Waals surface area contributed by atoms with Crippen molar-refractivity contribution in [2.24, 2.45) is 11.3 Å². The molecular formula is C28H31F4N5O3S. The molecule has 220 valence electrons. The van der Waals surface area contributed by atoms with Crippen molar-refractivity contribution in [3.05, 3.63) is 64.9 Å². The summed E-state index contributed by atoms with van der Waals surface area (Å²) >= 11 is 0. The van der Waals surface area contributed by atoms with Crippen LogP contribution in [0, 0.1) is 17.2 Å². The van der Waals surface area contributed by atoms with Gasteiger partial charge in [-0.2, -0.15) is 22.6 Å². The largest absolute Gasteiger partial charge is 0.432 e. The fraction of sp³-hybridized carbons (Fsp3) is 0.464. The molecule has 1 saturated heterocycles. The molecule has 2 aromatic heterocycles. The first-order chi connectivity index (χ1) is 19.4. The second-order valence-corrected chi connectivity index (χ2v) is 13.3. The van der Waals surface area contributed by atoms with Gasteiger partial charge in [-0.1, -0.05) is 12.5 Å². The van der Waals surface area contributed by atoms with E-state index in [0.29, 0.717) is 32.3 Å². The van der Waals surface area contributed by atoms with E-state index in [4.69, 9.17) is 10.5 Å². The molecule has 3 atom stereocenters. The second kappa shape index (κ2) is 9.99. The number of ether oxygens (including phenoxy) is 1. The van der Waals surface area contributed by atoms with Crippen molar-refractivity contribution in [3.8, 4) is 5.69 Å². The molecule has 3 heterocycles. The van der Waals surface area contributed by atoms with Gasteiger partial charge in [-0.25, -0.2) is 17.5 Å². The highest BCUT2D eigenvalue weighted by Crippen LogP contribution is 2.53. The van der Waals surface area contributed by atoms with Gasteiger partial charge >= 0.3 is 6.18 Å². The number of anilines is 1. The van der Waals surface area contributed by atoms with E-state index >= 15 is 0 Å². The number of nitrogens with zero attached hydrogens (tertiary/aromatic N) is 3. The quantitative estimate of drug-likeness (QED) is 0.368. The molecule has 0 radical (unpaired) electrons. The van der Waals surface area contributed by atoms with Crippen LogP contribution in [0.5, 0.6) is 0 Å². The van der Waals surface area contributed by atoms with Crippen LogP contribution in [0.4, 0.5) is 23.4 Å². The summed E-state index contributed by atoms with van der Waals surface area (Å²) in [7, 11) is -4.57. The molecule has 8 nitrogen and oxygen atoms in total. The van der Waals surface area contributed by atoms with Gasteiger partial charge in [-0.3, -0.25) is 0 Å². The number of hydrogen-bond donors (Lipinski definition) is 2. The van der Waals surface area contributed by atoms with Gasteiger partial charge < -0.3 is 15.5 Å². The van der Waals surface area contributed by atoms with Gasteiger partial charge in [0.05, 0.1) is 23.7 Å². The van der Waals surface area contributed by atoms with Gasteiger partial charge in [0.2, 0.25) is 10.0 Å². The second-order valence-electron chi connectivity index (χ2n) is 11.4. The van der Waals surface area contributed by atoms with Crippen molar-refractivity contribution in [3.63, 3.8) is 0 Å². The molecule has 1 saturated carbocycles. The maximum Gasteiger partial charge on any atom is 0.432 e. The van der Waals surface area contributed by atoms with E-state index in [9.17, 15) is 26.0 Å². The van der Waals surface area contributed by atoms with Gasteiger partial charge in [-0.15, -0.1) is 0 Å². The van der Waals surface area contributed by atoms with E-state index in [-0.39, 0.29) is 30.6 Å². The normalized spacial score (nSPS) is 24.5. The summed E-state index contributed by atoms with van der Waals surface area (Å²) in [6.45, 7) is 2.57. The Bertz CT molecular complexity index is 1590. The van der Waals surface area contributed by atoms with Gasteiger partial charge in [0.15, 0.2) is 0 Å². The highest BCUT2D eigenvalue weighted by atomic mass is 32.2. The van der Waals surface area contributed by atoms with E-state index in [1.165, 1.54) is 12.1 Å². The van der Waals surface area contributed by atoms with Crippen LogP contribution in [0.15, 0.2) is 47.0 Å². The molecule has 0 bridgehead atoms. The van der Waals surface area contributed by atoms with Crippen LogP contribution in [0.1, 0.15) is 49.6 Å². The van der Waals surface area contributed by atoms with Gasteiger partial charge in [0.25, 0.3) is 0 Å². The number of hydrogen-bond acceptors (Lipinski definition) is 5. The van der Waals surface area contributed by atoms with Gasteiger partial charge in [-0.05, 0) is 79.3 Å².